The molecule has 1 aromatic carbocycles. The molecule has 3 saturated carbocycles. The standard InChI is InChI=1S/C25H26N4O2S/c26-11-21-23(15-3-5-19(6-4-15)31-20-9-18(30)10-20)22(12-27)25(29-24(21)28)32-13-14-1-2-16-8-17(16)7-14/h3-6,14,16-18,20,30H,1-2,7-10,13H2,(H2,28,29). The molecule has 2 aromatic rings. The molecule has 164 valence electrons. The lowest BCUT2D eigenvalue weighted by Gasteiger charge is -2.31. The minimum Gasteiger partial charge on any atom is -0.490 e. The highest BCUT2D eigenvalue weighted by Crippen LogP contribution is 2.52. The highest BCUT2D eigenvalue weighted by Gasteiger charge is 2.41. The lowest BCUT2D eigenvalue weighted by atomic mass is 9.91. The largest absolute Gasteiger partial charge is 0.490 e. The Hall–Kier alpha value is -2.74. The predicted molar refractivity (Wildman–Crippen MR) is 123 cm³/mol. The fourth-order valence-corrected chi connectivity index (χ4v) is 6.17. The van der Waals surface area contributed by atoms with Gasteiger partial charge in [-0.25, -0.2) is 4.98 Å². The van der Waals surface area contributed by atoms with Crippen molar-refractivity contribution in [2.75, 3.05) is 11.5 Å². The summed E-state index contributed by atoms with van der Waals surface area (Å²) in [5.41, 5.74) is 8.10. The van der Waals surface area contributed by atoms with Crippen molar-refractivity contribution in [1.82, 2.24) is 4.98 Å². The smallest absolute Gasteiger partial charge is 0.143 e. The first-order valence-corrected chi connectivity index (χ1v) is 12.3. The quantitative estimate of drug-likeness (QED) is 0.627. The van der Waals surface area contributed by atoms with E-state index in [1.807, 2.05) is 24.3 Å². The van der Waals surface area contributed by atoms with Crippen LogP contribution in [0.5, 0.6) is 5.75 Å². The summed E-state index contributed by atoms with van der Waals surface area (Å²) in [5.74, 6) is 4.31. The number of hydrogen-bond donors (Lipinski definition) is 2. The number of aliphatic hydroxyl groups is 1. The molecule has 0 spiro atoms. The zero-order valence-corrected chi connectivity index (χ0v) is 18.6. The summed E-state index contributed by atoms with van der Waals surface area (Å²) < 4.78 is 5.86. The van der Waals surface area contributed by atoms with E-state index in [1.165, 1.54) is 25.7 Å². The van der Waals surface area contributed by atoms with Crippen molar-refractivity contribution >= 4 is 17.6 Å². The molecule has 0 amide bonds. The summed E-state index contributed by atoms with van der Waals surface area (Å²) in [5, 5.41) is 29.8. The van der Waals surface area contributed by atoms with Crippen LogP contribution in [0.25, 0.3) is 11.1 Å². The zero-order chi connectivity index (χ0) is 22.2. The average Bonchev–Trinajstić information content (AvgIpc) is 3.55. The van der Waals surface area contributed by atoms with Crippen LogP contribution in [0.3, 0.4) is 0 Å². The van der Waals surface area contributed by atoms with Crippen LogP contribution in [0.15, 0.2) is 29.3 Å². The Morgan fingerprint density at radius 3 is 2.44 bits per heavy atom. The van der Waals surface area contributed by atoms with Gasteiger partial charge in [0.15, 0.2) is 0 Å². The maximum absolute atomic E-state index is 9.99. The van der Waals surface area contributed by atoms with E-state index >= 15 is 0 Å². The number of aromatic nitrogens is 1. The van der Waals surface area contributed by atoms with E-state index in [-0.39, 0.29) is 23.6 Å². The van der Waals surface area contributed by atoms with E-state index < -0.39 is 0 Å². The van der Waals surface area contributed by atoms with Crippen molar-refractivity contribution < 1.29 is 9.84 Å². The first-order chi connectivity index (χ1) is 15.6. The molecule has 7 heteroatoms. The van der Waals surface area contributed by atoms with Crippen LogP contribution in [-0.2, 0) is 0 Å². The fraction of sp³-hybridized carbons (Fsp3) is 0.480. The second-order valence-electron chi connectivity index (χ2n) is 9.29. The molecular formula is C25H26N4O2S. The molecule has 0 saturated heterocycles. The molecule has 0 bridgehead atoms. The van der Waals surface area contributed by atoms with Crippen molar-refractivity contribution in [2.45, 2.75) is 55.8 Å². The van der Waals surface area contributed by atoms with E-state index in [0.29, 0.717) is 40.7 Å². The number of anilines is 1. The molecule has 0 aliphatic heterocycles. The topological polar surface area (TPSA) is 116 Å². The molecule has 6 nitrogen and oxygen atoms in total. The number of fused-ring (bicyclic) bond motifs is 1. The third-order valence-corrected chi connectivity index (χ3v) is 8.24. The minimum absolute atomic E-state index is 0.0328. The summed E-state index contributed by atoms with van der Waals surface area (Å²) in [7, 11) is 0. The Labute approximate surface area is 192 Å². The molecule has 3 fully saturated rings. The second kappa shape index (κ2) is 8.65. The molecule has 3 aliphatic carbocycles. The molecule has 5 rings (SSSR count). The van der Waals surface area contributed by atoms with Gasteiger partial charge < -0.3 is 15.6 Å². The molecule has 3 unspecified atom stereocenters. The van der Waals surface area contributed by atoms with Gasteiger partial charge in [-0.3, -0.25) is 0 Å². The van der Waals surface area contributed by atoms with Gasteiger partial charge >= 0.3 is 0 Å². The number of benzene rings is 1. The summed E-state index contributed by atoms with van der Waals surface area (Å²) >= 11 is 1.59. The van der Waals surface area contributed by atoms with Crippen LogP contribution < -0.4 is 10.5 Å². The average molecular weight is 447 g/mol. The van der Waals surface area contributed by atoms with Gasteiger partial charge in [-0.05, 0) is 61.1 Å². The van der Waals surface area contributed by atoms with Crippen molar-refractivity contribution in [2.24, 2.45) is 17.8 Å². The number of ether oxygens (including phenoxy) is 1. The molecule has 32 heavy (non-hydrogen) atoms. The molecule has 1 heterocycles. The van der Waals surface area contributed by atoms with E-state index in [1.54, 1.807) is 11.8 Å². The second-order valence-corrected chi connectivity index (χ2v) is 10.3. The number of hydrogen-bond acceptors (Lipinski definition) is 7. The van der Waals surface area contributed by atoms with E-state index in [4.69, 9.17) is 10.5 Å². The third-order valence-electron chi connectivity index (χ3n) is 7.04. The number of rotatable bonds is 6. The summed E-state index contributed by atoms with van der Waals surface area (Å²) in [6.45, 7) is 0. The SMILES string of the molecule is N#Cc1c(N)nc(SCC2CCC3CC3C2)c(C#N)c1-c1ccc(OC2CC(O)C2)cc1. The normalized spacial score (nSPS) is 28.0. The zero-order valence-electron chi connectivity index (χ0n) is 17.8. The molecule has 1 aromatic heterocycles. The predicted octanol–water partition coefficient (Wildman–Crippen LogP) is 4.50. The minimum atomic E-state index is -0.273. The monoisotopic (exact) mass is 446 g/mol. The fourth-order valence-electron chi connectivity index (χ4n) is 5.01. The first-order valence-electron chi connectivity index (χ1n) is 11.3. The highest BCUT2D eigenvalue weighted by molar-refractivity contribution is 7.99. The maximum Gasteiger partial charge on any atom is 0.143 e. The maximum atomic E-state index is 9.99. The summed E-state index contributed by atoms with van der Waals surface area (Å²) in [6.07, 6.45) is 6.27. The van der Waals surface area contributed by atoms with Gasteiger partial charge in [0.2, 0.25) is 0 Å². The molecule has 3 atom stereocenters. The Kier molecular flexibility index (Phi) is 5.71. The molecule has 3 aliphatic rings. The van der Waals surface area contributed by atoms with Crippen molar-refractivity contribution in [3.63, 3.8) is 0 Å². The highest BCUT2D eigenvalue weighted by atomic mass is 32.2. The lowest BCUT2D eigenvalue weighted by Crippen LogP contribution is -2.37. The van der Waals surface area contributed by atoms with Gasteiger partial charge in [-0.2, -0.15) is 10.5 Å². The Balaban J connectivity index is 1.40. The van der Waals surface area contributed by atoms with Gasteiger partial charge in [-0.1, -0.05) is 12.1 Å². The number of aliphatic hydroxyl groups excluding tert-OH is 1. The lowest BCUT2D eigenvalue weighted by molar-refractivity contribution is -0.0107. The Morgan fingerprint density at radius 2 is 1.78 bits per heavy atom. The van der Waals surface area contributed by atoms with E-state index in [0.717, 1.165) is 23.2 Å². The van der Waals surface area contributed by atoms with Crippen molar-refractivity contribution in [3.05, 3.63) is 35.4 Å². The van der Waals surface area contributed by atoms with Gasteiger partial charge in [0.05, 0.1) is 11.7 Å². The number of nitrogen functional groups attached to an aromatic ring is 1. The van der Waals surface area contributed by atoms with E-state index in [9.17, 15) is 15.6 Å². The van der Waals surface area contributed by atoms with Crippen LogP contribution in [0.1, 0.15) is 49.7 Å². The van der Waals surface area contributed by atoms with Crippen LogP contribution in [0.4, 0.5) is 5.82 Å². The molecular weight excluding hydrogens is 420 g/mol. The number of pyridine rings is 1. The van der Waals surface area contributed by atoms with Gasteiger partial charge in [0, 0.05) is 24.2 Å². The molecule has 3 N–H and O–H groups in total. The van der Waals surface area contributed by atoms with Gasteiger partial charge in [0.1, 0.15) is 40.4 Å². The summed E-state index contributed by atoms with van der Waals surface area (Å²) in [4.78, 5) is 4.44. The van der Waals surface area contributed by atoms with Gasteiger partial charge in [-0.15, -0.1) is 11.8 Å². The van der Waals surface area contributed by atoms with Gasteiger partial charge in [0.25, 0.3) is 0 Å². The Bertz CT molecular complexity index is 1100. The van der Waals surface area contributed by atoms with Crippen LogP contribution in [0.2, 0.25) is 0 Å². The third kappa shape index (κ3) is 4.16. The van der Waals surface area contributed by atoms with Crippen molar-refractivity contribution in [3.8, 4) is 29.0 Å². The van der Waals surface area contributed by atoms with E-state index in [2.05, 4.69) is 17.1 Å². The number of thioether (sulfide) groups is 1. The van der Waals surface area contributed by atoms with Crippen LogP contribution in [-0.4, -0.2) is 28.1 Å². The summed E-state index contributed by atoms with van der Waals surface area (Å²) in [6, 6.07) is 11.8. The van der Waals surface area contributed by atoms with Crippen LogP contribution >= 0.6 is 11.8 Å². The van der Waals surface area contributed by atoms with Crippen molar-refractivity contribution in [1.29, 1.82) is 10.5 Å². The first kappa shape index (κ1) is 21.1. The Morgan fingerprint density at radius 1 is 1.03 bits per heavy atom. The number of nitriles is 2. The molecule has 0 radical (unpaired) electrons. The number of nitrogens with zero attached hydrogens (tertiary/aromatic N) is 3. The van der Waals surface area contributed by atoms with Crippen LogP contribution in [0, 0.1) is 40.4 Å². The number of nitrogens with two attached hydrogens (primary N) is 1.